The standard InChI is InChI=1S/4C9H19N.3C8H17N.2C8H16.C7H15N.3H2/c1-9(2,3)8-4-6-10-7-5-8;1-9(2,3)8-5-4-6-10-7-8;1-9(2,3)10-7-5-4-6-8-10;1-9(2,3)8-6-4-5-7-10-8;1-8(2,3)7-4-5-9-6-7;1-8(2,3)9-6-4-5-7-9;1-8(2,3)7-5-4-6-9-7;2*1-8(2,3)7-5-4-6-7;1-7(2,3)8-5-4-6-8;;;/h2*8,10H,4-7H2,1-3H3;4-8H2,1-3H3;8,10H,4-7H2,1-3H3;7,9H,4-6H2,1-3H3;4-7H2,1-3H3;7,9H,4-6H2,1-3H3;2*7H,4-6H2,1-3H3;4-6H2,1-3H3;3*1H. The molecule has 0 aromatic heterocycles. The summed E-state index contributed by atoms with van der Waals surface area (Å²) < 4.78 is 0. The van der Waals surface area contributed by atoms with Crippen molar-refractivity contribution in [3.63, 3.8) is 0 Å². The minimum Gasteiger partial charge on any atom is -0.317 e. The Hall–Kier alpha value is -0.320. The number of likely N-dealkylation sites (tertiary alicyclic amines) is 3. The second-order valence-electron chi connectivity index (χ2n) is 40.8. The zero-order valence-electron chi connectivity index (χ0n) is 68.3. The van der Waals surface area contributed by atoms with Crippen LogP contribution < -0.4 is 26.6 Å². The highest BCUT2D eigenvalue weighted by Crippen LogP contribution is 2.42. The Balaban J connectivity index is -0.000000976. The van der Waals surface area contributed by atoms with Gasteiger partial charge in [-0.3, -0.25) is 14.7 Å². The van der Waals surface area contributed by atoms with Gasteiger partial charge in [0.1, 0.15) is 0 Å². The number of nitrogens with zero attached hydrogens (tertiary/aromatic N) is 3. The van der Waals surface area contributed by atoms with Crippen LogP contribution in [0.5, 0.6) is 0 Å². The van der Waals surface area contributed by atoms with Gasteiger partial charge in [-0.05, 0) is 337 Å². The van der Waals surface area contributed by atoms with Crippen molar-refractivity contribution in [1.82, 2.24) is 41.3 Å². The van der Waals surface area contributed by atoms with Crippen LogP contribution in [0.4, 0.5) is 0 Å². The molecular formula is C83H180N8. The number of rotatable bonds is 0. The summed E-state index contributed by atoms with van der Waals surface area (Å²) in [6, 6.07) is 1.51. The fraction of sp³-hybridized carbons (Fsp3) is 1.00. The largest absolute Gasteiger partial charge is 0.317 e. The van der Waals surface area contributed by atoms with Crippen LogP contribution in [0.2, 0.25) is 0 Å². The van der Waals surface area contributed by atoms with Crippen LogP contribution in [0.3, 0.4) is 0 Å². The van der Waals surface area contributed by atoms with Gasteiger partial charge in [-0.1, -0.05) is 171 Å². The van der Waals surface area contributed by atoms with E-state index < -0.39 is 0 Å². The summed E-state index contributed by atoms with van der Waals surface area (Å²) >= 11 is 0. The first kappa shape index (κ1) is 88.7. The summed E-state index contributed by atoms with van der Waals surface area (Å²) in [5.41, 5.74) is 4.92. The molecule has 8 saturated heterocycles. The first-order chi connectivity index (χ1) is 41.6. The first-order valence-corrected chi connectivity index (χ1v) is 39.4. The molecule has 91 heavy (non-hydrogen) atoms. The molecule has 4 atom stereocenters. The van der Waals surface area contributed by atoms with Gasteiger partial charge in [0.25, 0.3) is 0 Å². The molecule has 8 nitrogen and oxygen atoms in total. The second-order valence-corrected chi connectivity index (χ2v) is 40.8. The Bertz CT molecular complexity index is 1520. The van der Waals surface area contributed by atoms with Gasteiger partial charge >= 0.3 is 0 Å². The molecular weight excluding hydrogens is 1110 g/mol. The predicted molar refractivity (Wildman–Crippen MR) is 418 cm³/mol. The molecule has 0 aromatic carbocycles. The quantitative estimate of drug-likeness (QED) is 0.164. The molecule has 552 valence electrons. The smallest absolute Gasteiger partial charge is 0.0125 e. The van der Waals surface area contributed by atoms with Crippen molar-refractivity contribution in [2.24, 2.45) is 67.5 Å². The van der Waals surface area contributed by atoms with Crippen molar-refractivity contribution in [3.05, 3.63) is 0 Å². The summed E-state index contributed by atoms with van der Waals surface area (Å²) in [5.74, 6) is 4.79. The minimum absolute atomic E-state index is 0. The second kappa shape index (κ2) is 41.3. The fourth-order valence-electron chi connectivity index (χ4n) is 14.2. The lowest BCUT2D eigenvalue weighted by molar-refractivity contribution is 0.0690. The summed E-state index contributed by atoms with van der Waals surface area (Å²) in [6.45, 7) is 87.2. The third kappa shape index (κ3) is 40.4. The van der Waals surface area contributed by atoms with E-state index in [2.05, 4.69) is 249 Å². The first-order valence-electron chi connectivity index (χ1n) is 39.4. The Labute approximate surface area is 579 Å². The fourth-order valence-corrected chi connectivity index (χ4v) is 14.2. The van der Waals surface area contributed by atoms with E-state index in [1.165, 1.54) is 233 Å². The summed E-state index contributed by atoms with van der Waals surface area (Å²) in [7, 11) is 0. The minimum atomic E-state index is 0. The van der Waals surface area contributed by atoms with Gasteiger partial charge in [0.2, 0.25) is 0 Å². The number of nitrogens with one attached hydrogen (secondary N) is 5. The maximum atomic E-state index is 3.56. The van der Waals surface area contributed by atoms with Crippen LogP contribution >= 0.6 is 0 Å². The maximum Gasteiger partial charge on any atom is 0.0125 e. The van der Waals surface area contributed by atoms with E-state index in [9.17, 15) is 0 Å². The third-order valence-corrected chi connectivity index (χ3v) is 22.7. The van der Waals surface area contributed by atoms with Crippen LogP contribution in [0, 0.1) is 67.5 Å². The molecule has 0 radical (unpaired) electrons. The van der Waals surface area contributed by atoms with E-state index in [0.717, 1.165) is 41.7 Å². The molecule has 0 bridgehead atoms. The van der Waals surface area contributed by atoms with E-state index >= 15 is 0 Å². The van der Waals surface area contributed by atoms with Crippen molar-refractivity contribution in [2.75, 3.05) is 91.6 Å². The topological polar surface area (TPSA) is 69.9 Å². The Morgan fingerprint density at radius 2 is 0.495 bits per heavy atom. The highest BCUT2D eigenvalue weighted by molar-refractivity contribution is 4.88. The van der Waals surface area contributed by atoms with E-state index in [1.807, 2.05) is 0 Å². The number of hydrogen-bond donors (Lipinski definition) is 5. The summed E-state index contributed by atoms with van der Waals surface area (Å²) in [6.07, 6.45) is 31.0. The van der Waals surface area contributed by atoms with Crippen molar-refractivity contribution in [1.29, 1.82) is 0 Å². The predicted octanol–water partition coefficient (Wildman–Crippen LogP) is 21.7. The van der Waals surface area contributed by atoms with Crippen LogP contribution in [0.1, 0.15) is 353 Å². The monoisotopic (exact) mass is 1290 g/mol. The van der Waals surface area contributed by atoms with Gasteiger partial charge in [-0.2, -0.15) is 0 Å². The Kier molecular flexibility index (Phi) is 40.3. The van der Waals surface area contributed by atoms with E-state index in [1.54, 1.807) is 0 Å². The van der Waals surface area contributed by atoms with Crippen molar-refractivity contribution >= 4 is 0 Å². The molecule has 5 N–H and O–H groups in total. The highest BCUT2D eigenvalue weighted by Gasteiger charge is 2.33. The normalized spacial score (nSPS) is 25.4. The van der Waals surface area contributed by atoms with Gasteiger partial charge < -0.3 is 26.6 Å². The summed E-state index contributed by atoms with van der Waals surface area (Å²) in [5, 5.41) is 17.3. The molecule has 2 saturated carbocycles. The van der Waals surface area contributed by atoms with Gasteiger partial charge in [0, 0.05) is 33.0 Å². The molecule has 0 spiro atoms. The molecule has 10 rings (SSSR count). The SMILES string of the molecule is CC(C)(C)C1CCC1.CC(C)(C)C1CCC1.CC(C)(C)C1CCCCN1.CC(C)(C)C1CCCN1.CC(C)(C)C1CCCNC1.CC(C)(C)C1CCNC1.CC(C)(C)C1CCNCC1.CC(C)(C)N1CCC1.CC(C)(C)N1CCCC1.CC(C)(C)N1CCCCC1.[HH].[HH].[HH]. The molecule has 8 aliphatic heterocycles. The van der Waals surface area contributed by atoms with Crippen LogP contribution in [0.25, 0.3) is 0 Å². The van der Waals surface area contributed by atoms with Gasteiger partial charge in [0.15, 0.2) is 0 Å². The van der Waals surface area contributed by atoms with Crippen LogP contribution in [0.15, 0.2) is 0 Å². The molecule has 8 heteroatoms. The third-order valence-electron chi connectivity index (χ3n) is 22.7. The van der Waals surface area contributed by atoms with Gasteiger partial charge in [0.05, 0.1) is 0 Å². The Morgan fingerprint density at radius 3 is 0.681 bits per heavy atom. The average Bonchev–Trinajstić information content (AvgIpc) is 2.20. The molecule has 8 heterocycles. The lowest BCUT2D eigenvalue weighted by Crippen LogP contribution is -2.49. The van der Waals surface area contributed by atoms with Crippen molar-refractivity contribution < 1.29 is 4.28 Å². The van der Waals surface area contributed by atoms with Crippen molar-refractivity contribution in [2.45, 2.75) is 378 Å². The molecule has 4 unspecified atom stereocenters. The van der Waals surface area contributed by atoms with Gasteiger partial charge in [-0.15, -0.1) is 0 Å². The summed E-state index contributed by atoms with van der Waals surface area (Å²) in [4.78, 5) is 7.62. The number of hydrogen-bond acceptors (Lipinski definition) is 8. The zero-order chi connectivity index (χ0) is 69.8. The maximum absolute atomic E-state index is 3.56. The Morgan fingerprint density at radius 1 is 0.220 bits per heavy atom. The molecule has 0 amide bonds. The van der Waals surface area contributed by atoms with E-state index in [0.29, 0.717) is 54.5 Å². The number of piperidine rings is 4. The molecule has 10 aliphatic rings. The van der Waals surface area contributed by atoms with Gasteiger partial charge in [-0.25, -0.2) is 0 Å². The van der Waals surface area contributed by atoms with E-state index in [-0.39, 0.29) is 4.28 Å². The van der Waals surface area contributed by atoms with Crippen LogP contribution in [-0.4, -0.2) is 135 Å². The van der Waals surface area contributed by atoms with Crippen molar-refractivity contribution in [3.8, 4) is 0 Å². The lowest BCUT2D eigenvalue weighted by Gasteiger charge is -2.42. The van der Waals surface area contributed by atoms with Crippen LogP contribution in [-0.2, 0) is 0 Å². The molecule has 10 fully saturated rings. The molecule has 2 aliphatic carbocycles. The lowest BCUT2D eigenvalue weighted by atomic mass is 9.69. The van der Waals surface area contributed by atoms with E-state index in [4.69, 9.17) is 0 Å². The molecule has 0 aromatic rings. The average molecular weight is 1290 g/mol. The highest BCUT2D eigenvalue weighted by atomic mass is 15.2. The zero-order valence-corrected chi connectivity index (χ0v) is 68.3.